The summed E-state index contributed by atoms with van der Waals surface area (Å²) in [6, 6.07) is 10.1. The van der Waals surface area contributed by atoms with E-state index >= 15 is 0 Å². The smallest absolute Gasteiger partial charge is 0.246 e. The van der Waals surface area contributed by atoms with Crippen LogP contribution >= 0.6 is 11.6 Å². The zero-order valence-electron chi connectivity index (χ0n) is 14.2. The second-order valence-corrected chi connectivity index (χ2v) is 5.83. The van der Waals surface area contributed by atoms with Gasteiger partial charge in [-0.05, 0) is 18.2 Å². The van der Waals surface area contributed by atoms with E-state index in [0.29, 0.717) is 33.1 Å². The number of methoxy groups -OCH3 is 2. The predicted octanol–water partition coefficient (Wildman–Crippen LogP) is 2.71. The third-order valence-electron chi connectivity index (χ3n) is 3.80. The van der Waals surface area contributed by atoms with Crippen molar-refractivity contribution in [2.24, 2.45) is 0 Å². The maximum absolute atomic E-state index is 12.5. The molecule has 26 heavy (non-hydrogen) atoms. The highest BCUT2D eigenvalue weighted by molar-refractivity contribution is 6.32. The molecule has 0 radical (unpaired) electrons. The summed E-state index contributed by atoms with van der Waals surface area (Å²) in [7, 11) is 2.97. The van der Waals surface area contributed by atoms with Gasteiger partial charge < -0.3 is 14.8 Å². The fourth-order valence-corrected chi connectivity index (χ4v) is 2.81. The number of para-hydroxylation sites is 1. The molecule has 7 nitrogen and oxygen atoms in total. The van der Waals surface area contributed by atoms with E-state index in [9.17, 15) is 9.59 Å². The number of rotatable bonds is 5. The lowest BCUT2D eigenvalue weighted by atomic mass is 10.2. The number of carbonyl (C=O) groups is 1. The summed E-state index contributed by atoms with van der Waals surface area (Å²) in [5, 5.41) is 7.62. The van der Waals surface area contributed by atoms with Crippen LogP contribution in [-0.4, -0.2) is 29.9 Å². The molecule has 2 aromatic carbocycles. The molecule has 0 fully saturated rings. The van der Waals surface area contributed by atoms with Crippen LogP contribution in [0, 0.1) is 0 Å². The molecule has 0 atom stereocenters. The maximum atomic E-state index is 12.5. The molecule has 3 rings (SSSR count). The molecule has 134 valence electrons. The van der Waals surface area contributed by atoms with Gasteiger partial charge in [0.1, 0.15) is 18.0 Å². The molecule has 0 aliphatic carbocycles. The number of nitrogens with one attached hydrogen (secondary N) is 1. The SMILES string of the molecule is COc1cc(OC)c(NC(=O)Cn2ncc(=O)c3ccccc32)cc1Cl. The van der Waals surface area contributed by atoms with Crippen LogP contribution < -0.4 is 20.2 Å². The summed E-state index contributed by atoms with van der Waals surface area (Å²) in [5.41, 5.74) is 0.796. The molecular formula is C18H16ClN3O4. The van der Waals surface area contributed by atoms with Crippen LogP contribution in [0.25, 0.3) is 10.9 Å². The Hall–Kier alpha value is -3.06. The Morgan fingerprint density at radius 3 is 2.65 bits per heavy atom. The largest absolute Gasteiger partial charge is 0.495 e. The van der Waals surface area contributed by atoms with Crippen LogP contribution in [-0.2, 0) is 11.3 Å². The Kier molecular flexibility index (Phi) is 5.09. The Labute approximate surface area is 154 Å². The van der Waals surface area contributed by atoms with E-state index in [2.05, 4.69) is 10.4 Å². The predicted molar refractivity (Wildman–Crippen MR) is 99.2 cm³/mol. The minimum atomic E-state index is -0.342. The van der Waals surface area contributed by atoms with Gasteiger partial charge in [0, 0.05) is 11.5 Å². The first kappa shape index (κ1) is 17.8. The number of carbonyl (C=O) groups excluding carboxylic acids is 1. The molecule has 0 bridgehead atoms. The van der Waals surface area contributed by atoms with E-state index in [0.717, 1.165) is 0 Å². The van der Waals surface area contributed by atoms with Gasteiger partial charge in [0.2, 0.25) is 11.3 Å². The second kappa shape index (κ2) is 7.45. The second-order valence-electron chi connectivity index (χ2n) is 5.42. The van der Waals surface area contributed by atoms with E-state index < -0.39 is 0 Å². The Morgan fingerprint density at radius 1 is 1.19 bits per heavy atom. The Morgan fingerprint density at radius 2 is 1.92 bits per heavy atom. The minimum absolute atomic E-state index is 0.0758. The van der Waals surface area contributed by atoms with Crippen LogP contribution in [0.1, 0.15) is 0 Å². The third kappa shape index (κ3) is 3.48. The van der Waals surface area contributed by atoms with E-state index in [1.807, 2.05) is 0 Å². The molecule has 0 aliphatic rings. The van der Waals surface area contributed by atoms with Gasteiger partial charge in [-0.3, -0.25) is 14.3 Å². The van der Waals surface area contributed by atoms with E-state index in [4.69, 9.17) is 21.1 Å². The quantitative estimate of drug-likeness (QED) is 0.743. The average Bonchev–Trinajstić information content (AvgIpc) is 2.64. The number of halogens is 1. The first-order valence-electron chi connectivity index (χ1n) is 7.69. The van der Waals surface area contributed by atoms with Gasteiger partial charge in [-0.2, -0.15) is 5.10 Å². The fraction of sp³-hybridized carbons (Fsp3) is 0.167. The van der Waals surface area contributed by atoms with Crippen LogP contribution in [0.5, 0.6) is 11.5 Å². The molecule has 1 N–H and O–H groups in total. The van der Waals surface area contributed by atoms with Gasteiger partial charge in [0.15, 0.2) is 0 Å². The zero-order valence-corrected chi connectivity index (χ0v) is 14.9. The lowest BCUT2D eigenvalue weighted by Crippen LogP contribution is -2.22. The van der Waals surface area contributed by atoms with E-state index in [-0.39, 0.29) is 17.9 Å². The van der Waals surface area contributed by atoms with Crippen molar-refractivity contribution < 1.29 is 14.3 Å². The molecule has 1 aromatic heterocycles. The van der Waals surface area contributed by atoms with Gasteiger partial charge in [0.05, 0.1) is 36.6 Å². The van der Waals surface area contributed by atoms with Crippen molar-refractivity contribution in [3.63, 3.8) is 0 Å². The number of nitrogens with zero attached hydrogens (tertiary/aromatic N) is 2. The van der Waals surface area contributed by atoms with Gasteiger partial charge in [-0.1, -0.05) is 23.7 Å². The summed E-state index contributed by atoms with van der Waals surface area (Å²) in [6.45, 7) is -0.0758. The summed E-state index contributed by atoms with van der Waals surface area (Å²) in [6.07, 6.45) is 1.19. The number of hydrogen-bond acceptors (Lipinski definition) is 5. The highest BCUT2D eigenvalue weighted by Gasteiger charge is 2.14. The van der Waals surface area contributed by atoms with Gasteiger partial charge >= 0.3 is 0 Å². The Balaban J connectivity index is 1.88. The Bertz CT molecular complexity index is 1030. The van der Waals surface area contributed by atoms with Crippen molar-refractivity contribution in [3.05, 3.63) is 57.8 Å². The monoisotopic (exact) mass is 373 g/mol. The topological polar surface area (TPSA) is 82.4 Å². The first-order valence-corrected chi connectivity index (χ1v) is 8.07. The van der Waals surface area contributed by atoms with Crippen molar-refractivity contribution in [3.8, 4) is 11.5 Å². The van der Waals surface area contributed by atoms with E-state index in [1.165, 1.54) is 25.1 Å². The summed E-state index contributed by atoms with van der Waals surface area (Å²) in [5.74, 6) is 0.512. The van der Waals surface area contributed by atoms with E-state index in [1.54, 1.807) is 36.4 Å². The molecule has 1 heterocycles. The molecule has 0 saturated carbocycles. The number of aromatic nitrogens is 2. The maximum Gasteiger partial charge on any atom is 0.246 e. The van der Waals surface area contributed by atoms with Crippen LogP contribution in [0.2, 0.25) is 5.02 Å². The molecule has 0 spiro atoms. The van der Waals surface area contributed by atoms with Crippen molar-refractivity contribution in [2.45, 2.75) is 6.54 Å². The first-order chi connectivity index (χ1) is 12.5. The molecule has 0 unspecified atom stereocenters. The van der Waals surface area contributed by atoms with Crippen LogP contribution in [0.4, 0.5) is 5.69 Å². The number of hydrogen-bond donors (Lipinski definition) is 1. The number of amides is 1. The molecule has 1 amide bonds. The summed E-state index contributed by atoms with van der Waals surface area (Å²) < 4.78 is 11.9. The average molecular weight is 374 g/mol. The summed E-state index contributed by atoms with van der Waals surface area (Å²) >= 11 is 6.11. The lowest BCUT2D eigenvalue weighted by Gasteiger charge is -2.14. The van der Waals surface area contributed by atoms with Crippen LogP contribution in [0.15, 0.2) is 47.4 Å². The standard InChI is InChI=1S/C18H16ClN3O4/c1-25-16-8-17(26-2)13(7-12(16)19)21-18(24)10-22-14-6-4-3-5-11(14)15(23)9-20-22/h3-9H,10H2,1-2H3,(H,21,24). The summed E-state index contributed by atoms with van der Waals surface area (Å²) in [4.78, 5) is 24.3. The minimum Gasteiger partial charge on any atom is -0.495 e. The zero-order chi connectivity index (χ0) is 18.7. The number of anilines is 1. The molecule has 0 saturated heterocycles. The number of fused-ring (bicyclic) bond motifs is 1. The van der Waals surface area contributed by atoms with Crippen molar-refractivity contribution in [1.82, 2.24) is 9.78 Å². The van der Waals surface area contributed by atoms with Crippen molar-refractivity contribution in [2.75, 3.05) is 19.5 Å². The van der Waals surface area contributed by atoms with Crippen LogP contribution in [0.3, 0.4) is 0 Å². The van der Waals surface area contributed by atoms with Gasteiger partial charge in [-0.15, -0.1) is 0 Å². The van der Waals surface area contributed by atoms with Gasteiger partial charge in [0.25, 0.3) is 0 Å². The van der Waals surface area contributed by atoms with Crippen molar-refractivity contribution >= 4 is 34.1 Å². The molecule has 0 aliphatic heterocycles. The molecule has 3 aromatic rings. The molecular weight excluding hydrogens is 358 g/mol. The normalized spacial score (nSPS) is 10.6. The fourth-order valence-electron chi connectivity index (χ4n) is 2.57. The third-order valence-corrected chi connectivity index (χ3v) is 4.10. The molecule has 8 heteroatoms. The number of ether oxygens (including phenoxy) is 2. The number of benzene rings is 2. The van der Waals surface area contributed by atoms with Crippen molar-refractivity contribution in [1.29, 1.82) is 0 Å². The van der Waals surface area contributed by atoms with Gasteiger partial charge in [-0.25, -0.2) is 0 Å². The lowest BCUT2D eigenvalue weighted by molar-refractivity contribution is -0.116. The highest BCUT2D eigenvalue weighted by atomic mass is 35.5. The highest BCUT2D eigenvalue weighted by Crippen LogP contribution is 2.35.